The molecule has 21 heavy (non-hydrogen) atoms. The van der Waals surface area contributed by atoms with Crippen molar-refractivity contribution in [2.24, 2.45) is 5.92 Å². The molecule has 0 radical (unpaired) electrons. The number of aromatic nitrogens is 2. The molecule has 1 saturated heterocycles. The van der Waals surface area contributed by atoms with Gasteiger partial charge >= 0.3 is 12.0 Å². The summed E-state index contributed by atoms with van der Waals surface area (Å²) in [5.74, 6) is 1.12. The second-order valence-electron chi connectivity index (χ2n) is 5.50. The zero-order chi connectivity index (χ0) is 14.7. The maximum absolute atomic E-state index is 12.0. The van der Waals surface area contributed by atoms with Gasteiger partial charge in [0.1, 0.15) is 5.82 Å². The normalized spacial score (nSPS) is 25.2. The number of methoxy groups -OCH3 is 1. The molecule has 1 saturated carbocycles. The monoisotopic (exact) mass is 292 g/mol. The van der Waals surface area contributed by atoms with E-state index < -0.39 is 0 Å². The molecule has 0 spiro atoms. The van der Waals surface area contributed by atoms with Gasteiger partial charge in [0, 0.05) is 18.8 Å². The van der Waals surface area contributed by atoms with Gasteiger partial charge < -0.3 is 14.8 Å². The van der Waals surface area contributed by atoms with Gasteiger partial charge in [-0.2, -0.15) is 4.98 Å². The number of amides is 2. The summed E-state index contributed by atoms with van der Waals surface area (Å²) >= 11 is 0. The number of carbonyl (C=O) groups is 1. The van der Waals surface area contributed by atoms with E-state index in [4.69, 9.17) is 9.47 Å². The van der Waals surface area contributed by atoms with Gasteiger partial charge in [-0.3, -0.25) is 5.32 Å². The Morgan fingerprint density at radius 2 is 2.29 bits per heavy atom. The number of hydrogen-bond acceptors (Lipinski definition) is 5. The molecule has 2 atom stereocenters. The molecule has 2 heterocycles. The average molecular weight is 292 g/mol. The minimum atomic E-state index is -0.253. The summed E-state index contributed by atoms with van der Waals surface area (Å²) in [7, 11) is 1.49. The van der Waals surface area contributed by atoms with E-state index in [0.29, 0.717) is 24.4 Å². The Bertz CT molecular complexity index is 507. The van der Waals surface area contributed by atoms with Crippen molar-refractivity contribution in [1.82, 2.24) is 15.3 Å². The second kappa shape index (κ2) is 6.26. The van der Waals surface area contributed by atoms with Crippen LogP contribution in [-0.2, 0) is 4.74 Å². The third kappa shape index (κ3) is 3.81. The van der Waals surface area contributed by atoms with Crippen molar-refractivity contribution in [2.75, 3.05) is 19.0 Å². The van der Waals surface area contributed by atoms with Crippen LogP contribution in [0.4, 0.5) is 10.6 Å². The van der Waals surface area contributed by atoms with E-state index in [1.165, 1.54) is 20.0 Å². The summed E-state index contributed by atoms with van der Waals surface area (Å²) in [6.45, 7) is 0.716. The lowest BCUT2D eigenvalue weighted by molar-refractivity contribution is -0.00889. The third-order valence-electron chi connectivity index (χ3n) is 3.86. The summed E-state index contributed by atoms with van der Waals surface area (Å²) in [6, 6.07) is 1.76. The van der Waals surface area contributed by atoms with Crippen LogP contribution in [0.15, 0.2) is 12.3 Å². The van der Waals surface area contributed by atoms with Gasteiger partial charge in [0.05, 0.1) is 13.2 Å². The number of ether oxygens (including phenoxy) is 2. The highest BCUT2D eigenvalue weighted by Gasteiger charge is 2.36. The number of anilines is 1. The molecular formula is C14H20N4O3. The van der Waals surface area contributed by atoms with Gasteiger partial charge in [0.25, 0.3) is 0 Å². The van der Waals surface area contributed by atoms with Crippen LogP contribution in [0.3, 0.4) is 0 Å². The van der Waals surface area contributed by atoms with Gasteiger partial charge in [0.2, 0.25) is 0 Å². The fourth-order valence-corrected chi connectivity index (χ4v) is 2.60. The maximum atomic E-state index is 12.0. The molecule has 0 aromatic carbocycles. The van der Waals surface area contributed by atoms with E-state index in [1.54, 1.807) is 12.3 Å². The minimum absolute atomic E-state index is 0.160. The highest BCUT2D eigenvalue weighted by atomic mass is 16.5. The van der Waals surface area contributed by atoms with Crippen LogP contribution in [0.25, 0.3) is 0 Å². The Morgan fingerprint density at radius 1 is 1.43 bits per heavy atom. The molecule has 2 N–H and O–H groups in total. The van der Waals surface area contributed by atoms with E-state index in [9.17, 15) is 4.79 Å². The first-order valence-corrected chi connectivity index (χ1v) is 7.31. The van der Waals surface area contributed by atoms with E-state index in [2.05, 4.69) is 20.6 Å². The van der Waals surface area contributed by atoms with Gasteiger partial charge in [0.15, 0.2) is 0 Å². The third-order valence-corrected chi connectivity index (χ3v) is 3.86. The topological polar surface area (TPSA) is 85.4 Å². The average Bonchev–Trinajstić information content (AvgIpc) is 3.32. The predicted octanol–water partition coefficient (Wildman–Crippen LogP) is 1.56. The predicted molar refractivity (Wildman–Crippen MR) is 76.2 cm³/mol. The molecule has 0 bridgehead atoms. The van der Waals surface area contributed by atoms with Gasteiger partial charge in [-0.15, -0.1) is 0 Å². The van der Waals surface area contributed by atoms with Crippen LogP contribution in [0, 0.1) is 5.92 Å². The highest BCUT2D eigenvalue weighted by molar-refractivity contribution is 5.88. The van der Waals surface area contributed by atoms with Gasteiger partial charge in [-0.1, -0.05) is 0 Å². The van der Waals surface area contributed by atoms with E-state index >= 15 is 0 Å². The fraction of sp³-hybridized carbons (Fsp3) is 0.643. The van der Waals surface area contributed by atoms with Crippen LogP contribution < -0.4 is 15.4 Å². The molecule has 2 amide bonds. The van der Waals surface area contributed by atoms with Crippen molar-refractivity contribution >= 4 is 11.8 Å². The number of urea groups is 1. The summed E-state index contributed by atoms with van der Waals surface area (Å²) in [4.78, 5) is 20.0. The van der Waals surface area contributed by atoms with Crippen LogP contribution in [-0.4, -0.2) is 41.9 Å². The molecule has 7 nitrogen and oxygen atoms in total. The van der Waals surface area contributed by atoms with Crippen molar-refractivity contribution in [1.29, 1.82) is 0 Å². The van der Waals surface area contributed by atoms with E-state index in [1.807, 2.05) is 0 Å². The van der Waals surface area contributed by atoms with Crippen molar-refractivity contribution in [3.8, 4) is 6.01 Å². The van der Waals surface area contributed by atoms with Crippen molar-refractivity contribution < 1.29 is 14.3 Å². The lowest BCUT2D eigenvalue weighted by atomic mass is 10.0. The smallest absolute Gasteiger partial charge is 0.320 e. The highest BCUT2D eigenvalue weighted by Crippen LogP contribution is 2.38. The number of carbonyl (C=O) groups excluding carboxylic acids is 1. The molecular weight excluding hydrogens is 272 g/mol. The first-order valence-electron chi connectivity index (χ1n) is 7.31. The Hall–Kier alpha value is -1.89. The van der Waals surface area contributed by atoms with Crippen molar-refractivity contribution in [3.63, 3.8) is 0 Å². The van der Waals surface area contributed by atoms with Crippen LogP contribution in [0.1, 0.15) is 25.7 Å². The molecule has 1 aromatic rings. The summed E-state index contributed by atoms with van der Waals surface area (Å²) in [5, 5.41) is 5.69. The van der Waals surface area contributed by atoms with Crippen LogP contribution in [0.5, 0.6) is 6.01 Å². The zero-order valence-electron chi connectivity index (χ0n) is 12.0. The van der Waals surface area contributed by atoms with Gasteiger partial charge in [-0.25, -0.2) is 9.78 Å². The first kappa shape index (κ1) is 14.1. The molecule has 1 aliphatic carbocycles. The summed E-state index contributed by atoms with van der Waals surface area (Å²) < 4.78 is 10.7. The Balaban J connectivity index is 1.51. The lowest BCUT2D eigenvalue weighted by Gasteiger charge is -2.30. The largest absolute Gasteiger partial charge is 0.467 e. The Morgan fingerprint density at radius 3 is 3.05 bits per heavy atom. The molecule has 2 aliphatic rings. The molecule has 114 valence electrons. The van der Waals surface area contributed by atoms with Crippen LogP contribution >= 0.6 is 0 Å². The molecule has 1 aromatic heterocycles. The summed E-state index contributed by atoms with van der Waals surface area (Å²) in [5.41, 5.74) is 0. The SMILES string of the molecule is COc1nccc(NC(=O)NC2CCOC(C3CC3)C2)n1. The number of nitrogens with one attached hydrogen (secondary N) is 2. The standard InChI is InChI=1S/C14H20N4O3/c1-20-14-15-6-4-12(18-14)17-13(19)16-10-5-7-21-11(8-10)9-2-3-9/h4,6,9-11H,2-3,5,7-8H2,1H3,(H2,15,16,17,18,19). The number of hydrogen-bond donors (Lipinski definition) is 2. The summed E-state index contributed by atoms with van der Waals surface area (Å²) in [6.07, 6.45) is 6.10. The number of nitrogens with zero attached hydrogens (tertiary/aromatic N) is 2. The molecule has 2 unspecified atom stereocenters. The zero-order valence-corrected chi connectivity index (χ0v) is 12.0. The molecule has 3 rings (SSSR count). The molecule has 2 fully saturated rings. The minimum Gasteiger partial charge on any atom is -0.467 e. The molecule has 7 heteroatoms. The lowest BCUT2D eigenvalue weighted by Crippen LogP contribution is -2.44. The van der Waals surface area contributed by atoms with Gasteiger partial charge in [-0.05, 0) is 37.7 Å². The van der Waals surface area contributed by atoms with E-state index in [0.717, 1.165) is 12.8 Å². The first-order chi connectivity index (χ1) is 10.2. The maximum Gasteiger partial charge on any atom is 0.320 e. The quantitative estimate of drug-likeness (QED) is 0.879. The van der Waals surface area contributed by atoms with Crippen LogP contribution in [0.2, 0.25) is 0 Å². The fourth-order valence-electron chi connectivity index (χ4n) is 2.60. The molecule has 1 aliphatic heterocycles. The van der Waals surface area contributed by atoms with E-state index in [-0.39, 0.29) is 18.1 Å². The van der Waals surface area contributed by atoms with Crippen molar-refractivity contribution in [3.05, 3.63) is 12.3 Å². The Kier molecular flexibility index (Phi) is 4.19. The Labute approximate surface area is 123 Å². The van der Waals surface area contributed by atoms with Crippen molar-refractivity contribution in [2.45, 2.75) is 37.8 Å². The number of rotatable bonds is 4. The second-order valence-corrected chi connectivity index (χ2v) is 5.50.